The van der Waals surface area contributed by atoms with Crippen molar-refractivity contribution < 1.29 is 14.3 Å². The van der Waals surface area contributed by atoms with E-state index in [1.54, 1.807) is 18.5 Å². The van der Waals surface area contributed by atoms with E-state index in [0.717, 1.165) is 33.0 Å². The number of amides is 1. The van der Waals surface area contributed by atoms with E-state index in [4.69, 9.17) is 10.5 Å². The number of halogens is 2. The lowest BCUT2D eigenvalue weighted by Crippen LogP contribution is -2.27. The predicted molar refractivity (Wildman–Crippen MR) is 148 cm³/mol. The van der Waals surface area contributed by atoms with Crippen LogP contribution < -0.4 is 11.1 Å². The van der Waals surface area contributed by atoms with E-state index >= 15 is 0 Å². The number of aromatic nitrogens is 1. The second-order valence-electron chi connectivity index (χ2n) is 8.35. The Morgan fingerprint density at radius 2 is 1.69 bits per heavy atom. The number of carbonyl (C=O) groups excluding carboxylic acids is 2. The summed E-state index contributed by atoms with van der Waals surface area (Å²) in [7, 11) is 0. The van der Waals surface area contributed by atoms with Crippen molar-refractivity contribution >= 4 is 53.2 Å². The van der Waals surface area contributed by atoms with E-state index < -0.39 is 5.92 Å². The summed E-state index contributed by atoms with van der Waals surface area (Å²) in [4.78, 5) is 29.4. The first-order valence-corrected chi connectivity index (χ1v) is 11.1. The molecule has 0 saturated heterocycles. The smallest absolute Gasteiger partial charge is 0.338 e. The number of rotatable bonds is 7. The molecule has 4 rings (SSSR count). The van der Waals surface area contributed by atoms with E-state index in [0.29, 0.717) is 11.3 Å². The normalized spacial score (nSPS) is 11.1. The first-order chi connectivity index (χ1) is 16.4. The number of ether oxygens (including phenoxy) is 1. The quantitative estimate of drug-likeness (QED) is 0.300. The number of pyridine rings is 1. The van der Waals surface area contributed by atoms with Crippen LogP contribution in [0.3, 0.4) is 0 Å². The molecule has 0 unspecified atom stereocenters. The van der Waals surface area contributed by atoms with Crippen LogP contribution in [-0.2, 0) is 16.1 Å². The molecule has 0 aliphatic rings. The highest BCUT2D eigenvalue weighted by atomic mass is 35.5. The lowest BCUT2D eigenvalue weighted by molar-refractivity contribution is -0.117. The molecule has 6 nitrogen and oxygen atoms in total. The largest absolute Gasteiger partial charge is 0.457 e. The van der Waals surface area contributed by atoms with E-state index in [2.05, 4.69) is 10.3 Å². The standard InChI is InChI=1S/C28H27N3O3.2ClH/c1-18-3-10-25(19(2)13-18)28(33)34-17-20-4-6-21(7-5-20)26(15-29)27(32)31-24-9-8-23-16-30-12-11-22(23)14-24;;/h3-14,16,26H,15,17,29H2,1-2H3,(H,31,32);2*1H/t26-;;/m0../s1. The molecule has 8 heteroatoms. The van der Waals surface area contributed by atoms with E-state index in [-0.39, 0.29) is 49.8 Å². The third-order valence-corrected chi connectivity index (χ3v) is 5.81. The zero-order valence-electron chi connectivity index (χ0n) is 20.1. The van der Waals surface area contributed by atoms with Gasteiger partial charge in [-0.3, -0.25) is 9.78 Å². The average molecular weight is 526 g/mol. The number of nitrogens with two attached hydrogens (primary N) is 1. The Hall–Kier alpha value is -3.45. The summed E-state index contributed by atoms with van der Waals surface area (Å²) in [6.07, 6.45) is 3.50. The van der Waals surface area contributed by atoms with Crippen LogP contribution in [0.1, 0.15) is 38.5 Å². The summed E-state index contributed by atoms with van der Waals surface area (Å²) in [6.45, 7) is 4.20. The lowest BCUT2D eigenvalue weighted by Gasteiger charge is -2.16. The number of benzene rings is 3. The number of anilines is 1. The van der Waals surface area contributed by atoms with Crippen LogP contribution in [0.4, 0.5) is 5.69 Å². The van der Waals surface area contributed by atoms with Gasteiger partial charge in [0.2, 0.25) is 5.91 Å². The topological polar surface area (TPSA) is 94.3 Å². The zero-order chi connectivity index (χ0) is 24.1. The second kappa shape index (κ2) is 13.0. The van der Waals surface area contributed by atoms with Gasteiger partial charge in [-0.05, 0) is 60.2 Å². The fourth-order valence-electron chi connectivity index (χ4n) is 3.90. The maximum Gasteiger partial charge on any atom is 0.338 e. The van der Waals surface area contributed by atoms with Gasteiger partial charge in [0, 0.05) is 30.0 Å². The van der Waals surface area contributed by atoms with Gasteiger partial charge >= 0.3 is 5.97 Å². The molecule has 0 bridgehead atoms. The zero-order valence-corrected chi connectivity index (χ0v) is 21.7. The van der Waals surface area contributed by atoms with Crippen molar-refractivity contribution in [3.8, 4) is 0 Å². The molecule has 0 spiro atoms. The summed E-state index contributed by atoms with van der Waals surface area (Å²) in [6, 6.07) is 20.6. The van der Waals surface area contributed by atoms with Gasteiger partial charge in [-0.1, -0.05) is 48.0 Å². The molecule has 1 aromatic heterocycles. The van der Waals surface area contributed by atoms with Crippen molar-refractivity contribution in [1.29, 1.82) is 0 Å². The van der Waals surface area contributed by atoms with Crippen LogP contribution in [0.25, 0.3) is 10.8 Å². The van der Waals surface area contributed by atoms with E-state index in [9.17, 15) is 9.59 Å². The number of fused-ring (bicyclic) bond motifs is 1. The Bertz CT molecular complexity index is 1340. The fraction of sp³-hybridized carbons (Fsp3) is 0.179. The Morgan fingerprint density at radius 1 is 0.944 bits per heavy atom. The molecule has 3 aromatic carbocycles. The molecule has 1 atom stereocenters. The number of nitrogens with zero attached hydrogens (tertiary/aromatic N) is 1. The van der Waals surface area contributed by atoms with Crippen LogP contribution in [0, 0.1) is 13.8 Å². The van der Waals surface area contributed by atoms with Crippen molar-refractivity contribution in [1.82, 2.24) is 4.98 Å². The first-order valence-electron chi connectivity index (χ1n) is 11.1. The summed E-state index contributed by atoms with van der Waals surface area (Å²) >= 11 is 0. The highest BCUT2D eigenvalue weighted by Crippen LogP contribution is 2.22. The van der Waals surface area contributed by atoms with Crippen molar-refractivity contribution in [3.05, 3.63) is 107 Å². The third kappa shape index (κ3) is 6.82. The molecule has 4 aromatic rings. The molecule has 188 valence electrons. The lowest BCUT2D eigenvalue weighted by atomic mass is 9.97. The minimum Gasteiger partial charge on any atom is -0.457 e. The van der Waals surface area contributed by atoms with Gasteiger partial charge in [-0.15, -0.1) is 24.8 Å². The third-order valence-electron chi connectivity index (χ3n) is 5.81. The molecule has 0 aliphatic heterocycles. The predicted octanol–water partition coefficient (Wildman–Crippen LogP) is 5.73. The van der Waals surface area contributed by atoms with Gasteiger partial charge in [-0.25, -0.2) is 4.79 Å². The molecule has 0 radical (unpaired) electrons. The van der Waals surface area contributed by atoms with Crippen molar-refractivity contribution in [2.75, 3.05) is 11.9 Å². The Balaban J connectivity index is 0.00000228. The van der Waals surface area contributed by atoms with Gasteiger partial charge in [0.05, 0.1) is 11.5 Å². The van der Waals surface area contributed by atoms with Crippen molar-refractivity contribution in [3.63, 3.8) is 0 Å². The van der Waals surface area contributed by atoms with Crippen LogP contribution in [0.5, 0.6) is 0 Å². The molecule has 0 aliphatic carbocycles. The van der Waals surface area contributed by atoms with E-state index in [1.807, 2.05) is 74.5 Å². The number of nitrogens with one attached hydrogen (secondary N) is 1. The van der Waals surface area contributed by atoms with Gasteiger partial charge in [-0.2, -0.15) is 0 Å². The van der Waals surface area contributed by atoms with Gasteiger partial charge in [0.15, 0.2) is 0 Å². The summed E-state index contributed by atoms with van der Waals surface area (Å²) in [5.41, 5.74) is 10.8. The first kappa shape index (κ1) is 28.8. The van der Waals surface area contributed by atoms with Crippen LogP contribution >= 0.6 is 24.8 Å². The minimum atomic E-state index is -0.500. The molecular formula is C28H29Cl2N3O3. The van der Waals surface area contributed by atoms with Crippen LogP contribution in [-0.4, -0.2) is 23.4 Å². The average Bonchev–Trinajstić information content (AvgIpc) is 2.83. The number of aryl methyl sites for hydroxylation is 2. The number of hydrogen-bond acceptors (Lipinski definition) is 5. The van der Waals surface area contributed by atoms with Crippen molar-refractivity contribution in [2.24, 2.45) is 5.73 Å². The number of carbonyl (C=O) groups is 2. The number of esters is 1. The Morgan fingerprint density at radius 3 is 2.39 bits per heavy atom. The fourth-order valence-corrected chi connectivity index (χ4v) is 3.90. The maximum absolute atomic E-state index is 12.9. The van der Waals surface area contributed by atoms with Gasteiger partial charge in [0.25, 0.3) is 0 Å². The molecular weight excluding hydrogens is 497 g/mol. The van der Waals surface area contributed by atoms with Gasteiger partial charge < -0.3 is 15.8 Å². The molecule has 0 saturated carbocycles. The Labute approximate surface area is 223 Å². The van der Waals surface area contributed by atoms with Crippen molar-refractivity contribution in [2.45, 2.75) is 26.4 Å². The molecule has 36 heavy (non-hydrogen) atoms. The highest BCUT2D eigenvalue weighted by molar-refractivity contribution is 5.98. The molecule has 0 fully saturated rings. The SMILES string of the molecule is Cc1ccc(C(=O)OCc2ccc([C@H](CN)C(=O)Nc3ccc4cnccc4c3)cc2)c(C)c1.Cl.Cl. The maximum atomic E-state index is 12.9. The molecule has 1 heterocycles. The number of hydrogen-bond donors (Lipinski definition) is 2. The monoisotopic (exact) mass is 525 g/mol. The second-order valence-corrected chi connectivity index (χ2v) is 8.35. The van der Waals surface area contributed by atoms with Gasteiger partial charge in [0.1, 0.15) is 6.61 Å². The molecule has 3 N–H and O–H groups in total. The Kier molecular flexibility index (Phi) is 10.4. The van der Waals surface area contributed by atoms with Crippen LogP contribution in [0.15, 0.2) is 79.1 Å². The highest BCUT2D eigenvalue weighted by Gasteiger charge is 2.19. The van der Waals surface area contributed by atoms with E-state index in [1.165, 1.54) is 0 Å². The summed E-state index contributed by atoms with van der Waals surface area (Å²) in [5, 5.41) is 4.96. The summed E-state index contributed by atoms with van der Waals surface area (Å²) < 4.78 is 5.48. The minimum absolute atomic E-state index is 0. The molecule has 1 amide bonds. The van der Waals surface area contributed by atoms with Crippen LogP contribution in [0.2, 0.25) is 0 Å². The summed E-state index contributed by atoms with van der Waals surface area (Å²) in [5.74, 6) is -1.03.